The quantitative estimate of drug-likeness (QED) is 0.704. The molecule has 1 aromatic heterocycles. The van der Waals surface area contributed by atoms with Crippen LogP contribution in [0.25, 0.3) is 10.9 Å². The fourth-order valence-electron chi connectivity index (χ4n) is 1.63. The van der Waals surface area contributed by atoms with Crippen LogP contribution in [-0.2, 0) is 5.41 Å². The number of rotatable bonds is 0. The lowest BCUT2D eigenvalue weighted by molar-refractivity contribution is 0.591. The summed E-state index contributed by atoms with van der Waals surface area (Å²) >= 11 is 0. The zero-order valence-electron chi connectivity index (χ0n) is 9.55. The summed E-state index contributed by atoms with van der Waals surface area (Å²) < 4.78 is 0. The Morgan fingerprint density at radius 1 is 1.06 bits per heavy atom. The van der Waals surface area contributed by atoms with E-state index in [9.17, 15) is 9.59 Å². The topological polar surface area (TPSA) is 65.7 Å². The summed E-state index contributed by atoms with van der Waals surface area (Å²) in [5.41, 5.74) is 0.807. The predicted octanol–water partition coefficient (Wildman–Crippen LogP) is 1.51. The third-order valence-corrected chi connectivity index (χ3v) is 2.61. The predicted molar refractivity (Wildman–Crippen MR) is 63.9 cm³/mol. The Labute approximate surface area is 92.3 Å². The summed E-state index contributed by atoms with van der Waals surface area (Å²) in [4.78, 5) is 27.5. The van der Waals surface area contributed by atoms with Gasteiger partial charge in [0.25, 0.3) is 5.56 Å². The summed E-state index contributed by atoms with van der Waals surface area (Å²) in [6.07, 6.45) is 0. The van der Waals surface area contributed by atoms with E-state index in [1.54, 1.807) is 6.07 Å². The molecule has 0 unspecified atom stereocenters. The maximum atomic E-state index is 11.6. The van der Waals surface area contributed by atoms with Crippen molar-refractivity contribution in [3.05, 3.63) is 44.6 Å². The number of aromatic nitrogens is 2. The summed E-state index contributed by atoms with van der Waals surface area (Å²) in [5, 5.41) is 0.520. The Bertz CT molecular complexity index is 644. The van der Waals surface area contributed by atoms with E-state index in [2.05, 4.69) is 30.7 Å². The maximum absolute atomic E-state index is 11.6. The van der Waals surface area contributed by atoms with Crippen molar-refractivity contribution < 1.29 is 0 Å². The summed E-state index contributed by atoms with van der Waals surface area (Å²) in [6, 6.07) is 5.52. The average Bonchev–Trinajstić information content (AvgIpc) is 2.15. The second-order valence-electron chi connectivity index (χ2n) is 4.92. The second kappa shape index (κ2) is 3.33. The molecule has 84 valence electrons. The molecule has 0 aliphatic carbocycles. The third-order valence-electron chi connectivity index (χ3n) is 2.61. The highest BCUT2D eigenvalue weighted by Gasteiger charge is 2.14. The Balaban J connectivity index is 2.82. The van der Waals surface area contributed by atoms with Crippen molar-refractivity contribution in [3.8, 4) is 0 Å². The minimum atomic E-state index is -0.471. The van der Waals surface area contributed by atoms with Crippen LogP contribution in [-0.4, -0.2) is 9.97 Å². The first-order valence-electron chi connectivity index (χ1n) is 5.15. The van der Waals surface area contributed by atoms with Gasteiger partial charge in [-0.2, -0.15) is 0 Å². The number of benzene rings is 1. The molecule has 0 atom stereocenters. The van der Waals surface area contributed by atoms with Gasteiger partial charge in [-0.15, -0.1) is 0 Å². The molecular weight excluding hydrogens is 204 g/mol. The van der Waals surface area contributed by atoms with Crippen LogP contribution in [0.4, 0.5) is 0 Å². The number of hydrogen-bond acceptors (Lipinski definition) is 2. The number of fused-ring (bicyclic) bond motifs is 1. The number of hydrogen-bond donors (Lipinski definition) is 2. The molecule has 1 aromatic carbocycles. The van der Waals surface area contributed by atoms with Crippen molar-refractivity contribution >= 4 is 10.9 Å². The minimum Gasteiger partial charge on any atom is -0.307 e. The maximum Gasteiger partial charge on any atom is 0.326 e. The lowest BCUT2D eigenvalue weighted by Gasteiger charge is -2.18. The van der Waals surface area contributed by atoms with Crippen LogP contribution in [0.3, 0.4) is 0 Å². The Kier molecular flexibility index (Phi) is 2.22. The van der Waals surface area contributed by atoms with Gasteiger partial charge in [-0.1, -0.05) is 26.8 Å². The highest BCUT2D eigenvalue weighted by atomic mass is 16.2. The molecule has 0 amide bonds. The first-order valence-corrected chi connectivity index (χ1v) is 5.15. The number of nitrogens with one attached hydrogen (secondary N) is 2. The molecule has 0 fully saturated rings. The van der Waals surface area contributed by atoms with Crippen LogP contribution in [0.2, 0.25) is 0 Å². The van der Waals surface area contributed by atoms with Crippen LogP contribution < -0.4 is 11.2 Å². The van der Waals surface area contributed by atoms with E-state index >= 15 is 0 Å². The van der Waals surface area contributed by atoms with Gasteiger partial charge < -0.3 is 4.98 Å². The van der Waals surface area contributed by atoms with Gasteiger partial charge in [0.15, 0.2) is 0 Å². The third kappa shape index (κ3) is 1.78. The summed E-state index contributed by atoms with van der Waals surface area (Å²) in [5.74, 6) is 0. The van der Waals surface area contributed by atoms with E-state index in [1.807, 2.05) is 12.1 Å². The van der Waals surface area contributed by atoms with Crippen molar-refractivity contribution in [3.63, 3.8) is 0 Å². The van der Waals surface area contributed by atoms with Crippen molar-refractivity contribution in [2.75, 3.05) is 0 Å². The van der Waals surface area contributed by atoms with E-state index in [-0.39, 0.29) is 11.0 Å². The molecule has 0 spiro atoms. The summed E-state index contributed by atoms with van der Waals surface area (Å²) in [6.45, 7) is 6.23. The van der Waals surface area contributed by atoms with E-state index in [4.69, 9.17) is 0 Å². The van der Waals surface area contributed by atoms with Crippen LogP contribution in [0, 0.1) is 0 Å². The molecule has 0 saturated carbocycles. The normalized spacial score (nSPS) is 11.9. The second-order valence-corrected chi connectivity index (χ2v) is 4.92. The zero-order valence-corrected chi connectivity index (χ0v) is 9.55. The first kappa shape index (κ1) is 10.7. The van der Waals surface area contributed by atoms with Crippen LogP contribution in [0.15, 0.2) is 27.8 Å². The molecular formula is C12H14N2O2. The highest BCUT2D eigenvalue weighted by molar-refractivity contribution is 5.78. The highest BCUT2D eigenvalue weighted by Crippen LogP contribution is 2.23. The lowest BCUT2D eigenvalue weighted by Crippen LogP contribution is -2.22. The van der Waals surface area contributed by atoms with Gasteiger partial charge in [0.2, 0.25) is 0 Å². The van der Waals surface area contributed by atoms with E-state index < -0.39 is 5.69 Å². The molecule has 16 heavy (non-hydrogen) atoms. The van der Waals surface area contributed by atoms with Gasteiger partial charge >= 0.3 is 5.69 Å². The van der Waals surface area contributed by atoms with Gasteiger partial charge in [-0.05, 0) is 23.1 Å². The zero-order chi connectivity index (χ0) is 11.9. The van der Waals surface area contributed by atoms with Gasteiger partial charge in [-0.3, -0.25) is 9.78 Å². The fraction of sp³-hybridized carbons (Fsp3) is 0.333. The first-order chi connectivity index (χ1) is 7.38. The summed E-state index contributed by atoms with van der Waals surface area (Å²) in [7, 11) is 0. The monoisotopic (exact) mass is 218 g/mol. The fourth-order valence-corrected chi connectivity index (χ4v) is 1.63. The molecule has 2 aromatic rings. The van der Waals surface area contributed by atoms with Gasteiger partial charge in [0.1, 0.15) is 0 Å². The molecule has 0 aliphatic heterocycles. The average molecular weight is 218 g/mol. The smallest absolute Gasteiger partial charge is 0.307 e. The van der Waals surface area contributed by atoms with Crippen LogP contribution in [0.5, 0.6) is 0 Å². The lowest BCUT2D eigenvalue weighted by atomic mass is 9.86. The Hall–Kier alpha value is -1.84. The molecule has 4 heteroatoms. The molecule has 0 saturated heterocycles. The van der Waals surface area contributed by atoms with Crippen LogP contribution >= 0.6 is 0 Å². The molecule has 4 nitrogen and oxygen atoms in total. The van der Waals surface area contributed by atoms with Gasteiger partial charge in [0.05, 0.1) is 10.9 Å². The van der Waals surface area contributed by atoms with Crippen LogP contribution in [0.1, 0.15) is 26.3 Å². The van der Waals surface area contributed by atoms with Gasteiger partial charge in [-0.25, -0.2) is 4.79 Å². The SMILES string of the molecule is CC(C)(C)c1ccc2[nH]c(=O)[nH]c(=O)c2c1. The minimum absolute atomic E-state index is 0.0171. The molecule has 0 aliphatic rings. The van der Waals surface area contributed by atoms with Gasteiger partial charge in [0, 0.05) is 0 Å². The molecule has 1 heterocycles. The van der Waals surface area contributed by atoms with Crippen molar-refractivity contribution in [1.82, 2.24) is 9.97 Å². The van der Waals surface area contributed by atoms with Crippen molar-refractivity contribution in [2.45, 2.75) is 26.2 Å². The number of H-pyrrole nitrogens is 2. The molecule has 2 N–H and O–H groups in total. The van der Waals surface area contributed by atoms with Crippen molar-refractivity contribution in [1.29, 1.82) is 0 Å². The van der Waals surface area contributed by atoms with E-state index in [0.29, 0.717) is 10.9 Å². The molecule has 0 radical (unpaired) electrons. The Morgan fingerprint density at radius 2 is 1.75 bits per heavy atom. The van der Waals surface area contributed by atoms with E-state index in [1.165, 1.54) is 0 Å². The van der Waals surface area contributed by atoms with Crippen molar-refractivity contribution in [2.24, 2.45) is 0 Å². The molecule has 2 rings (SSSR count). The Morgan fingerprint density at radius 3 is 2.38 bits per heavy atom. The standard InChI is InChI=1S/C12H14N2O2/c1-12(2,3)7-4-5-9-8(6-7)10(15)14-11(16)13-9/h4-6H,1-3H3,(H2,13,14,15,16). The largest absolute Gasteiger partial charge is 0.326 e. The number of aromatic amines is 2. The molecule has 0 bridgehead atoms. The van der Waals surface area contributed by atoms with E-state index in [0.717, 1.165) is 5.56 Å².